The average Bonchev–Trinajstić information content (AvgIpc) is 3.28. The standard InChI is InChI=1S/C15H15N7O2S2/c1-9-19-22-15(25-9)18-13(24)14-21-20-12(26-14)6-5-11(23)17-8-10-4-2-3-7-16-10/h2-4,7H,5-6,8H2,1H3,(H,17,23)(H,18,22,24). The van der Waals surface area contributed by atoms with Crippen molar-refractivity contribution in [2.45, 2.75) is 26.3 Å². The average molecular weight is 389 g/mol. The molecule has 2 amide bonds. The highest BCUT2D eigenvalue weighted by atomic mass is 32.1. The Morgan fingerprint density at radius 3 is 2.73 bits per heavy atom. The highest BCUT2D eigenvalue weighted by molar-refractivity contribution is 7.15. The van der Waals surface area contributed by atoms with E-state index >= 15 is 0 Å². The lowest BCUT2D eigenvalue weighted by atomic mass is 10.3. The molecule has 0 aromatic carbocycles. The van der Waals surface area contributed by atoms with Crippen molar-refractivity contribution in [3.05, 3.63) is 45.1 Å². The van der Waals surface area contributed by atoms with Gasteiger partial charge in [0.15, 0.2) is 0 Å². The monoisotopic (exact) mass is 389 g/mol. The predicted molar refractivity (Wildman–Crippen MR) is 96.9 cm³/mol. The molecule has 11 heteroatoms. The van der Waals surface area contributed by atoms with Gasteiger partial charge in [0.25, 0.3) is 5.91 Å². The van der Waals surface area contributed by atoms with Gasteiger partial charge in [-0.25, -0.2) is 0 Å². The van der Waals surface area contributed by atoms with Gasteiger partial charge in [0.1, 0.15) is 10.0 Å². The summed E-state index contributed by atoms with van der Waals surface area (Å²) in [7, 11) is 0. The number of aromatic nitrogens is 5. The van der Waals surface area contributed by atoms with E-state index in [4.69, 9.17) is 0 Å². The SMILES string of the molecule is Cc1nnc(NC(=O)c2nnc(CCC(=O)NCc3ccccn3)s2)s1. The molecule has 2 N–H and O–H groups in total. The van der Waals surface area contributed by atoms with E-state index in [1.807, 2.05) is 18.2 Å². The Hall–Kier alpha value is -2.79. The molecular weight excluding hydrogens is 374 g/mol. The molecule has 134 valence electrons. The third-order valence-electron chi connectivity index (χ3n) is 3.17. The summed E-state index contributed by atoms with van der Waals surface area (Å²) in [4.78, 5) is 28.1. The molecule has 3 heterocycles. The van der Waals surface area contributed by atoms with Crippen LogP contribution in [-0.4, -0.2) is 37.2 Å². The van der Waals surface area contributed by atoms with Gasteiger partial charge < -0.3 is 5.32 Å². The lowest BCUT2D eigenvalue weighted by Gasteiger charge is -2.03. The van der Waals surface area contributed by atoms with Crippen molar-refractivity contribution in [2.75, 3.05) is 5.32 Å². The molecule has 0 fully saturated rings. The number of carbonyl (C=O) groups is 2. The minimum atomic E-state index is -0.385. The molecule has 0 atom stereocenters. The number of carbonyl (C=O) groups excluding carboxylic acids is 2. The van der Waals surface area contributed by atoms with Gasteiger partial charge in [-0.3, -0.25) is 19.9 Å². The lowest BCUT2D eigenvalue weighted by molar-refractivity contribution is -0.121. The van der Waals surface area contributed by atoms with Gasteiger partial charge in [-0.05, 0) is 19.1 Å². The highest BCUT2D eigenvalue weighted by Gasteiger charge is 2.15. The zero-order valence-electron chi connectivity index (χ0n) is 13.8. The molecule has 26 heavy (non-hydrogen) atoms. The van der Waals surface area contributed by atoms with E-state index in [1.165, 1.54) is 11.3 Å². The fourth-order valence-corrected chi connectivity index (χ4v) is 3.27. The van der Waals surface area contributed by atoms with Crippen LogP contribution in [0.25, 0.3) is 0 Å². The zero-order valence-corrected chi connectivity index (χ0v) is 15.4. The smallest absolute Gasteiger partial charge is 0.288 e. The van der Waals surface area contributed by atoms with Crippen molar-refractivity contribution < 1.29 is 9.59 Å². The third-order valence-corrected chi connectivity index (χ3v) is 4.90. The summed E-state index contributed by atoms with van der Waals surface area (Å²) >= 11 is 2.43. The Labute approximate surface area is 156 Å². The van der Waals surface area contributed by atoms with Crippen LogP contribution >= 0.6 is 22.7 Å². The van der Waals surface area contributed by atoms with Crippen LogP contribution in [0, 0.1) is 6.92 Å². The van der Waals surface area contributed by atoms with Crippen LogP contribution in [0.3, 0.4) is 0 Å². The molecule has 0 spiro atoms. The highest BCUT2D eigenvalue weighted by Crippen LogP contribution is 2.17. The Morgan fingerprint density at radius 2 is 2.00 bits per heavy atom. The van der Waals surface area contributed by atoms with E-state index in [1.54, 1.807) is 13.1 Å². The second kappa shape index (κ2) is 8.54. The summed E-state index contributed by atoms with van der Waals surface area (Å²) in [6.07, 6.45) is 2.36. The van der Waals surface area contributed by atoms with Gasteiger partial charge in [-0.2, -0.15) is 0 Å². The Morgan fingerprint density at radius 1 is 1.12 bits per heavy atom. The van der Waals surface area contributed by atoms with Crippen molar-refractivity contribution in [3.8, 4) is 0 Å². The van der Waals surface area contributed by atoms with Crippen LogP contribution < -0.4 is 10.6 Å². The normalized spacial score (nSPS) is 10.5. The summed E-state index contributed by atoms with van der Waals surface area (Å²) in [5.41, 5.74) is 0.794. The maximum atomic E-state index is 12.1. The van der Waals surface area contributed by atoms with Gasteiger partial charge in [0, 0.05) is 19.0 Å². The summed E-state index contributed by atoms with van der Waals surface area (Å²) in [5.74, 6) is -0.495. The number of aryl methyl sites for hydroxylation is 2. The molecule has 3 aromatic heterocycles. The summed E-state index contributed by atoms with van der Waals surface area (Å²) in [5, 5.41) is 22.9. The molecular formula is C15H15N7O2S2. The van der Waals surface area contributed by atoms with Crippen molar-refractivity contribution in [3.63, 3.8) is 0 Å². The molecule has 0 aliphatic rings. The van der Waals surface area contributed by atoms with Gasteiger partial charge in [0.2, 0.25) is 16.0 Å². The first-order valence-corrected chi connectivity index (χ1v) is 9.34. The van der Waals surface area contributed by atoms with Gasteiger partial charge in [0.05, 0.1) is 12.2 Å². The molecule has 0 aliphatic carbocycles. The molecule has 0 radical (unpaired) electrons. The number of amides is 2. The topological polar surface area (TPSA) is 123 Å². The number of nitrogens with one attached hydrogen (secondary N) is 2. The van der Waals surface area contributed by atoms with Crippen LogP contribution in [0.1, 0.15) is 31.9 Å². The van der Waals surface area contributed by atoms with E-state index < -0.39 is 0 Å². The zero-order chi connectivity index (χ0) is 18.4. The number of hydrogen-bond acceptors (Lipinski definition) is 9. The van der Waals surface area contributed by atoms with Crippen LogP contribution in [0.5, 0.6) is 0 Å². The number of pyridine rings is 1. The number of anilines is 1. The molecule has 0 bridgehead atoms. The summed E-state index contributed by atoms with van der Waals surface area (Å²) in [6, 6.07) is 5.53. The van der Waals surface area contributed by atoms with Crippen LogP contribution in [0.2, 0.25) is 0 Å². The Balaban J connectivity index is 1.45. The van der Waals surface area contributed by atoms with Crippen LogP contribution in [-0.2, 0) is 17.8 Å². The first-order valence-electron chi connectivity index (χ1n) is 7.70. The van der Waals surface area contributed by atoms with E-state index in [-0.39, 0.29) is 23.2 Å². The van der Waals surface area contributed by atoms with E-state index in [0.29, 0.717) is 23.1 Å². The van der Waals surface area contributed by atoms with Gasteiger partial charge >= 0.3 is 0 Å². The first kappa shape index (κ1) is 18.0. The molecule has 0 unspecified atom stereocenters. The van der Waals surface area contributed by atoms with Crippen LogP contribution in [0.4, 0.5) is 5.13 Å². The van der Waals surface area contributed by atoms with E-state index in [2.05, 4.69) is 36.0 Å². The quantitative estimate of drug-likeness (QED) is 0.629. The summed E-state index contributed by atoms with van der Waals surface area (Å²) in [6.45, 7) is 2.18. The Bertz CT molecular complexity index is 894. The number of rotatable bonds is 7. The number of hydrogen-bond donors (Lipinski definition) is 2. The van der Waals surface area contributed by atoms with Crippen molar-refractivity contribution in [2.24, 2.45) is 0 Å². The molecule has 0 saturated carbocycles. The van der Waals surface area contributed by atoms with Crippen molar-refractivity contribution in [1.29, 1.82) is 0 Å². The fraction of sp³-hybridized carbons (Fsp3) is 0.267. The third kappa shape index (κ3) is 5.10. The van der Waals surface area contributed by atoms with E-state index in [0.717, 1.165) is 22.0 Å². The maximum Gasteiger partial charge on any atom is 0.288 e. The largest absolute Gasteiger partial charge is 0.350 e. The minimum absolute atomic E-state index is 0.110. The molecule has 9 nitrogen and oxygen atoms in total. The van der Waals surface area contributed by atoms with Gasteiger partial charge in [-0.1, -0.05) is 28.7 Å². The first-order chi connectivity index (χ1) is 12.6. The fourth-order valence-electron chi connectivity index (χ4n) is 1.94. The molecule has 3 rings (SSSR count). The molecule has 0 aliphatic heterocycles. The lowest BCUT2D eigenvalue weighted by Crippen LogP contribution is -2.23. The number of nitrogens with zero attached hydrogens (tertiary/aromatic N) is 5. The second-order valence-corrected chi connectivity index (χ2v) is 7.42. The summed E-state index contributed by atoms with van der Waals surface area (Å²) < 4.78 is 0. The Kier molecular flexibility index (Phi) is 5.92. The van der Waals surface area contributed by atoms with Crippen molar-refractivity contribution >= 4 is 39.6 Å². The van der Waals surface area contributed by atoms with Gasteiger partial charge in [-0.15, -0.1) is 20.4 Å². The molecule has 0 saturated heterocycles. The second-order valence-electron chi connectivity index (χ2n) is 5.18. The van der Waals surface area contributed by atoms with Crippen molar-refractivity contribution in [1.82, 2.24) is 30.7 Å². The van der Waals surface area contributed by atoms with Crippen LogP contribution in [0.15, 0.2) is 24.4 Å². The predicted octanol–water partition coefficient (Wildman–Crippen LogP) is 1.59. The molecule has 3 aromatic rings. The maximum absolute atomic E-state index is 12.1. The minimum Gasteiger partial charge on any atom is -0.350 e. The van der Waals surface area contributed by atoms with E-state index in [9.17, 15) is 9.59 Å².